The van der Waals surface area contributed by atoms with E-state index in [1.165, 1.54) is 4.31 Å². The van der Waals surface area contributed by atoms with Gasteiger partial charge in [-0.2, -0.15) is 17.4 Å². The van der Waals surface area contributed by atoms with Crippen molar-refractivity contribution in [1.82, 2.24) is 14.3 Å². The van der Waals surface area contributed by atoms with Crippen LogP contribution in [-0.4, -0.2) is 58.2 Å². The molecule has 6 nitrogen and oxygen atoms in total. The van der Waals surface area contributed by atoms with E-state index in [0.29, 0.717) is 32.2 Å². The van der Waals surface area contributed by atoms with E-state index in [-0.39, 0.29) is 18.4 Å². The highest BCUT2D eigenvalue weighted by Crippen LogP contribution is 2.13. The number of ether oxygens (including phenoxy) is 1. The van der Waals surface area contributed by atoms with Gasteiger partial charge in [-0.1, -0.05) is 6.92 Å². The predicted octanol–water partition coefficient (Wildman–Crippen LogP) is -0.427. The normalized spacial score (nSPS) is 30.7. The quantitative estimate of drug-likeness (QED) is 0.742. The van der Waals surface area contributed by atoms with Gasteiger partial charge in [-0.25, -0.2) is 0 Å². The van der Waals surface area contributed by atoms with Crippen molar-refractivity contribution in [3.63, 3.8) is 0 Å². The fourth-order valence-corrected chi connectivity index (χ4v) is 3.75. The molecule has 2 fully saturated rings. The van der Waals surface area contributed by atoms with Crippen LogP contribution in [0.1, 0.15) is 13.3 Å². The molecule has 0 radical (unpaired) electrons. The number of halogens is 1. The third kappa shape index (κ3) is 4.04. The summed E-state index contributed by atoms with van der Waals surface area (Å²) < 4.78 is 33.7. The number of hydrogen-bond acceptors (Lipinski definition) is 4. The topological polar surface area (TPSA) is 70.7 Å². The van der Waals surface area contributed by atoms with Crippen LogP contribution in [0.15, 0.2) is 0 Å². The van der Waals surface area contributed by atoms with Crippen LogP contribution in [0.5, 0.6) is 0 Å². The second-order valence-electron chi connectivity index (χ2n) is 4.71. The Bertz CT molecular complexity index is 346. The monoisotopic (exact) mass is 299 g/mol. The van der Waals surface area contributed by atoms with Crippen molar-refractivity contribution in [2.75, 3.05) is 39.4 Å². The van der Waals surface area contributed by atoms with Gasteiger partial charge in [-0.05, 0) is 25.4 Å². The smallest absolute Gasteiger partial charge is 0.279 e. The number of nitrogens with one attached hydrogen (secondary N) is 2. The molecule has 2 aliphatic heterocycles. The van der Waals surface area contributed by atoms with Crippen LogP contribution in [-0.2, 0) is 14.9 Å². The maximum absolute atomic E-state index is 12.1. The molecule has 2 N–H and O–H groups in total. The van der Waals surface area contributed by atoms with Crippen molar-refractivity contribution >= 4 is 22.6 Å². The molecule has 0 spiro atoms. The lowest BCUT2D eigenvalue weighted by Crippen LogP contribution is -2.54. The summed E-state index contributed by atoms with van der Waals surface area (Å²) in [6, 6.07) is 0.0455. The maximum Gasteiger partial charge on any atom is 0.279 e. The Hall–Kier alpha value is 0.0800. The minimum absolute atomic E-state index is 0. The highest BCUT2D eigenvalue weighted by atomic mass is 35.5. The first-order chi connectivity index (χ1) is 8.09. The van der Waals surface area contributed by atoms with Crippen LogP contribution in [0.2, 0.25) is 0 Å². The zero-order valence-corrected chi connectivity index (χ0v) is 12.2. The van der Waals surface area contributed by atoms with Gasteiger partial charge in [-0.3, -0.25) is 0 Å². The average Bonchev–Trinajstić information content (AvgIpc) is 2.33. The molecule has 2 unspecified atom stereocenters. The van der Waals surface area contributed by atoms with Crippen molar-refractivity contribution in [2.24, 2.45) is 5.92 Å². The van der Waals surface area contributed by atoms with Crippen LogP contribution < -0.4 is 10.0 Å². The van der Waals surface area contributed by atoms with Gasteiger partial charge in [0.25, 0.3) is 10.2 Å². The minimum Gasteiger partial charge on any atom is -0.379 e. The molecule has 2 rings (SSSR count). The molecule has 2 heterocycles. The summed E-state index contributed by atoms with van der Waals surface area (Å²) >= 11 is 0. The highest BCUT2D eigenvalue weighted by Gasteiger charge is 2.30. The Morgan fingerprint density at radius 3 is 2.61 bits per heavy atom. The minimum atomic E-state index is -3.34. The van der Waals surface area contributed by atoms with Crippen LogP contribution in [0.3, 0.4) is 0 Å². The van der Waals surface area contributed by atoms with E-state index >= 15 is 0 Å². The van der Waals surface area contributed by atoms with Crippen molar-refractivity contribution in [3.8, 4) is 0 Å². The molecule has 2 saturated heterocycles. The van der Waals surface area contributed by atoms with Crippen molar-refractivity contribution < 1.29 is 13.2 Å². The summed E-state index contributed by atoms with van der Waals surface area (Å²) in [4.78, 5) is 0. The Labute approximate surface area is 115 Å². The first-order valence-electron chi connectivity index (χ1n) is 6.15. The molecule has 0 bridgehead atoms. The van der Waals surface area contributed by atoms with Gasteiger partial charge < -0.3 is 10.1 Å². The van der Waals surface area contributed by atoms with Gasteiger partial charge in [0.05, 0.1) is 13.2 Å². The van der Waals surface area contributed by atoms with Gasteiger partial charge >= 0.3 is 0 Å². The Morgan fingerprint density at radius 1 is 1.33 bits per heavy atom. The zero-order chi connectivity index (χ0) is 12.3. The molecule has 2 aliphatic rings. The van der Waals surface area contributed by atoms with Gasteiger partial charge in [-0.15, -0.1) is 12.4 Å². The number of nitrogens with zero attached hydrogens (tertiary/aromatic N) is 1. The van der Waals surface area contributed by atoms with E-state index in [2.05, 4.69) is 17.0 Å². The molecule has 8 heteroatoms. The summed E-state index contributed by atoms with van der Waals surface area (Å²) in [6.45, 7) is 5.70. The van der Waals surface area contributed by atoms with Gasteiger partial charge in [0, 0.05) is 19.1 Å². The van der Waals surface area contributed by atoms with Gasteiger partial charge in [0.1, 0.15) is 0 Å². The zero-order valence-electron chi connectivity index (χ0n) is 10.6. The second kappa shape index (κ2) is 7.02. The molecule has 0 saturated carbocycles. The van der Waals surface area contributed by atoms with E-state index in [9.17, 15) is 8.42 Å². The van der Waals surface area contributed by atoms with E-state index in [1.54, 1.807) is 0 Å². The summed E-state index contributed by atoms with van der Waals surface area (Å²) in [7, 11) is -3.34. The second-order valence-corrected chi connectivity index (χ2v) is 6.41. The maximum atomic E-state index is 12.1. The van der Waals surface area contributed by atoms with Crippen molar-refractivity contribution in [2.45, 2.75) is 19.4 Å². The summed E-state index contributed by atoms with van der Waals surface area (Å²) in [5, 5.41) is 3.26. The van der Waals surface area contributed by atoms with E-state index < -0.39 is 10.2 Å². The predicted molar refractivity (Wildman–Crippen MR) is 72.1 cm³/mol. The molecule has 0 aromatic heterocycles. The van der Waals surface area contributed by atoms with Crippen LogP contribution in [0.25, 0.3) is 0 Å². The standard InChI is InChI=1S/C10H21N3O3S.ClH/c1-9-8-11-3-2-10(9)12-17(14,15)13-4-6-16-7-5-13;/h9-12H,2-8H2,1H3;1H. The Balaban J connectivity index is 0.00000162. The molecule has 0 amide bonds. The van der Waals surface area contributed by atoms with Crippen LogP contribution in [0, 0.1) is 5.92 Å². The van der Waals surface area contributed by atoms with Crippen molar-refractivity contribution in [3.05, 3.63) is 0 Å². The van der Waals surface area contributed by atoms with Crippen LogP contribution >= 0.6 is 12.4 Å². The first kappa shape index (κ1) is 16.1. The fraction of sp³-hybridized carbons (Fsp3) is 1.00. The van der Waals surface area contributed by atoms with Gasteiger partial charge in [0.15, 0.2) is 0 Å². The molecular formula is C10H22ClN3O3S. The van der Waals surface area contributed by atoms with E-state index in [1.807, 2.05) is 0 Å². The van der Waals surface area contributed by atoms with Crippen LogP contribution in [0.4, 0.5) is 0 Å². The number of piperidine rings is 1. The molecule has 108 valence electrons. The summed E-state index contributed by atoms with van der Waals surface area (Å²) in [6.07, 6.45) is 0.852. The Morgan fingerprint density at radius 2 is 2.00 bits per heavy atom. The lowest BCUT2D eigenvalue weighted by molar-refractivity contribution is 0.0721. The average molecular weight is 300 g/mol. The van der Waals surface area contributed by atoms with E-state index in [4.69, 9.17) is 4.74 Å². The molecule has 0 aliphatic carbocycles. The first-order valence-corrected chi connectivity index (χ1v) is 7.59. The largest absolute Gasteiger partial charge is 0.379 e. The summed E-state index contributed by atoms with van der Waals surface area (Å²) in [5.41, 5.74) is 0. The lowest BCUT2D eigenvalue weighted by Gasteiger charge is -2.33. The lowest BCUT2D eigenvalue weighted by atomic mass is 9.97. The number of morpholine rings is 1. The van der Waals surface area contributed by atoms with Crippen molar-refractivity contribution in [1.29, 1.82) is 0 Å². The SMILES string of the molecule is CC1CNCCC1NS(=O)(=O)N1CCOCC1.Cl. The third-order valence-corrected chi connectivity index (χ3v) is 5.04. The molecule has 18 heavy (non-hydrogen) atoms. The fourth-order valence-electron chi connectivity index (χ4n) is 2.24. The molecule has 0 aromatic carbocycles. The Kier molecular flexibility index (Phi) is 6.29. The molecule has 0 aromatic rings. The highest BCUT2D eigenvalue weighted by molar-refractivity contribution is 7.87. The number of hydrogen-bond donors (Lipinski definition) is 2. The van der Waals surface area contributed by atoms with Gasteiger partial charge in [0.2, 0.25) is 0 Å². The molecular weight excluding hydrogens is 278 g/mol. The summed E-state index contributed by atoms with van der Waals surface area (Å²) in [5.74, 6) is 0.333. The number of rotatable bonds is 3. The van der Waals surface area contributed by atoms with E-state index in [0.717, 1.165) is 19.5 Å². The molecule has 2 atom stereocenters. The third-order valence-electron chi connectivity index (χ3n) is 3.40.